The van der Waals surface area contributed by atoms with Crippen LogP contribution in [0.2, 0.25) is 0 Å². The van der Waals surface area contributed by atoms with Crippen LogP contribution < -0.4 is 10.1 Å². The van der Waals surface area contributed by atoms with E-state index in [2.05, 4.69) is 5.32 Å². The van der Waals surface area contributed by atoms with Crippen molar-refractivity contribution in [2.75, 3.05) is 25.5 Å². The lowest BCUT2D eigenvalue weighted by atomic mass is 9.97. The number of rotatable bonds is 3. The number of aliphatic carboxylic acids is 1. The average Bonchev–Trinajstić information content (AvgIpc) is 2.48. The molecule has 1 aromatic rings. The lowest BCUT2D eigenvalue weighted by Crippen LogP contribution is -2.42. The largest absolute Gasteiger partial charge is 0.495 e. The van der Waals surface area contributed by atoms with E-state index in [1.54, 1.807) is 24.1 Å². The van der Waals surface area contributed by atoms with Gasteiger partial charge in [-0.05, 0) is 25.0 Å². The second kappa shape index (κ2) is 6.27. The van der Waals surface area contributed by atoms with Crippen molar-refractivity contribution < 1.29 is 19.4 Å². The first-order valence-electron chi connectivity index (χ1n) is 6.53. The summed E-state index contributed by atoms with van der Waals surface area (Å²) in [5, 5.41) is 11.7. The fraction of sp³-hybridized carbons (Fsp3) is 0.429. The van der Waals surface area contributed by atoms with Crippen LogP contribution in [0.4, 0.5) is 10.5 Å². The molecule has 0 spiro atoms. The van der Waals surface area contributed by atoms with Crippen LogP contribution >= 0.6 is 0 Å². The van der Waals surface area contributed by atoms with Crippen LogP contribution in [0.25, 0.3) is 0 Å². The van der Waals surface area contributed by atoms with E-state index in [0.717, 1.165) is 0 Å². The second-order valence-corrected chi connectivity index (χ2v) is 4.73. The highest BCUT2D eigenvalue weighted by atomic mass is 16.5. The Balaban J connectivity index is 1.94. The molecule has 6 nitrogen and oxygen atoms in total. The molecule has 2 rings (SSSR count). The minimum absolute atomic E-state index is 0.224. The third-order valence-corrected chi connectivity index (χ3v) is 3.48. The lowest BCUT2D eigenvalue weighted by Gasteiger charge is -2.30. The SMILES string of the molecule is COc1ccccc1NC(=O)N1CCC(C(=O)O)CC1. The molecule has 1 fully saturated rings. The number of hydrogen-bond donors (Lipinski definition) is 2. The number of para-hydroxylation sites is 2. The Hall–Kier alpha value is -2.24. The van der Waals surface area contributed by atoms with Crippen molar-refractivity contribution in [1.82, 2.24) is 4.90 Å². The third kappa shape index (κ3) is 3.20. The van der Waals surface area contributed by atoms with Crippen LogP contribution in [-0.2, 0) is 4.79 Å². The number of anilines is 1. The van der Waals surface area contributed by atoms with Gasteiger partial charge in [-0.1, -0.05) is 12.1 Å². The Kier molecular flexibility index (Phi) is 4.45. The number of methoxy groups -OCH3 is 1. The Bertz CT molecular complexity index is 496. The first kappa shape index (κ1) is 14.2. The van der Waals surface area contributed by atoms with Crippen LogP contribution in [0.3, 0.4) is 0 Å². The minimum atomic E-state index is -0.783. The van der Waals surface area contributed by atoms with Crippen molar-refractivity contribution in [1.29, 1.82) is 0 Å². The summed E-state index contributed by atoms with van der Waals surface area (Å²) in [6, 6.07) is 6.95. The van der Waals surface area contributed by atoms with E-state index < -0.39 is 5.97 Å². The standard InChI is InChI=1S/C14H18N2O4/c1-20-12-5-3-2-4-11(12)15-14(19)16-8-6-10(7-9-16)13(17)18/h2-5,10H,6-9H2,1H3,(H,15,19)(H,17,18). The summed E-state index contributed by atoms with van der Waals surface area (Å²) in [4.78, 5) is 24.6. The van der Waals surface area contributed by atoms with Crippen molar-refractivity contribution in [2.45, 2.75) is 12.8 Å². The van der Waals surface area contributed by atoms with Crippen molar-refractivity contribution in [3.63, 3.8) is 0 Å². The number of hydrogen-bond acceptors (Lipinski definition) is 3. The zero-order valence-electron chi connectivity index (χ0n) is 11.3. The number of nitrogens with one attached hydrogen (secondary N) is 1. The van der Waals surface area contributed by atoms with E-state index >= 15 is 0 Å². The van der Waals surface area contributed by atoms with E-state index in [1.165, 1.54) is 0 Å². The number of benzene rings is 1. The fourth-order valence-electron chi connectivity index (χ4n) is 2.27. The van der Waals surface area contributed by atoms with Gasteiger partial charge in [-0.15, -0.1) is 0 Å². The number of likely N-dealkylation sites (tertiary alicyclic amines) is 1. The summed E-state index contributed by atoms with van der Waals surface area (Å²) in [5.41, 5.74) is 0.611. The smallest absolute Gasteiger partial charge is 0.321 e. The summed E-state index contributed by atoms with van der Waals surface area (Å²) in [6.07, 6.45) is 0.989. The fourth-order valence-corrected chi connectivity index (χ4v) is 2.27. The number of carbonyl (C=O) groups excluding carboxylic acids is 1. The molecular weight excluding hydrogens is 260 g/mol. The summed E-state index contributed by atoms with van der Waals surface area (Å²) in [7, 11) is 1.54. The molecule has 0 aromatic heterocycles. The molecule has 1 aliphatic rings. The summed E-state index contributed by atoms with van der Waals surface area (Å²) < 4.78 is 5.17. The zero-order valence-corrected chi connectivity index (χ0v) is 11.3. The maximum Gasteiger partial charge on any atom is 0.321 e. The van der Waals surface area contributed by atoms with Crippen molar-refractivity contribution in [3.05, 3.63) is 24.3 Å². The summed E-state index contributed by atoms with van der Waals surface area (Å²) in [5.74, 6) is -0.527. The Morgan fingerprint density at radius 3 is 2.55 bits per heavy atom. The van der Waals surface area contributed by atoms with Gasteiger partial charge in [0.25, 0.3) is 0 Å². The Morgan fingerprint density at radius 2 is 1.95 bits per heavy atom. The highest BCUT2D eigenvalue weighted by Crippen LogP contribution is 2.24. The number of nitrogens with zero attached hydrogens (tertiary/aromatic N) is 1. The molecule has 108 valence electrons. The molecular formula is C14H18N2O4. The summed E-state index contributed by atoms with van der Waals surface area (Å²) >= 11 is 0. The molecule has 0 saturated carbocycles. The third-order valence-electron chi connectivity index (χ3n) is 3.48. The van der Waals surface area contributed by atoms with Crippen LogP contribution in [0.15, 0.2) is 24.3 Å². The topological polar surface area (TPSA) is 78.9 Å². The van der Waals surface area contributed by atoms with Crippen LogP contribution in [-0.4, -0.2) is 42.2 Å². The molecule has 1 aliphatic heterocycles. The molecule has 0 unspecified atom stereocenters. The van der Waals surface area contributed by atoms with Gasteiger partial charge in [0.1, 0.15) is 5.75 Å². The molecule has 0 bridgehead atoms. The van der Waals surface area contributed by atoms with Gasteiger partial charge in [0, 0.05) is 13.1 Å². The number of carbonyl (C=O) groups is 2. The van der Waals surface area contributed by atoms with Crippen LogP contribution in [0.1, 0.15) is 12.8 Å². The number of carboxylic acids is 1. The van der Waals surface area contributed by atoms with Gasteiger partial charge in [0.05, 0.1) is 18.7 Å². The highest BCUT2D eigenvalue weighted by molar-refractivity contribution is 5.91. The Morgan fingerprint density at radius 1 is 1.30 bits per heavy atom. The van der Waals surface area contributed by atoms with Gasteiger partial charge < -0.3 is 20.1 Å². The lowest BCUT2D eigenvalue weighted by molar-refractivity contribution is -0.143. The first-order chi connectivity index (χ1) is 9.61. The maximum absolute atomic E-state index is 12.1. The highest BCUT2D eigenvalue weighted by Gasteiger charge is 2.27. The number of urea groups is 1. The van der Waals surface area contributed by atoms with E-state index in [-0.39, 0.29) is 11.9 Å². The van der Waals surface area contributed by atoms with Crippen molar-refractivity contribution in [2.24, 2.45) is 5.92 Å². The minimum Gasteiger partial charge on any atom is -0.495 e. The van der Waals surface area contributed by atoms with Gasteiger partial charge in [0.2, 0.25) is 0 Å². The quantitative estimate of drug-likeness (QED) is 0.886. The molecule has 0 aliphatic carbocycles. The van der Waals surface area contributed by atoms with Crippen LogP contribution in [0.5, 0.6) is 5.75 Å². The normalized spacial score (nSPS) is 15.8. The number of amides is 2. The molecule has 0 radical (unpaired) electrons. The first-order valence-corrected chi connectivity index (χ1v) is 6.53. The molecule has 2 amide bonds. The van der Waals surface area contributed by atoms with Crippen LogP contribution in [0, 0.1) is 5.92 Å². The number of carboxylic acid groups (broad SMARTS) is 1. The van der Waals surface area contributed by atoms with E-state index in [4.69, 9.17) is 9.84 Å². The van der Waals surface area contributed by atoms with Crippen molar-refractivity contribution in [3.8, 4) is 5.75 Å². The van der Waals surface area contributed by atoms with Gasteiger partial charge in [-0.3, -0.25) is 4.79 Å². The zero-order chi connectivity index (χ0) is 14.5. The predicted molar refractivity (Wildman–Crippen MR) is 73.9 cm³/mol. The van der Waals surface area contributed by atoms with Gasteiger partial charge in [0.15, 0.2) is 0 Å². The molecule has 1 saturated heterocycles. The van der Waals surface area contributed by atoms with Crippen molar-refractivity contribution >= 4 is 17.7 Å². The molecule has 0 atom stereocenters. The van der Waals surface area contributed by atoms with E-state index in [9.17, 15) is 9.59 Å². The van der Waals surface area contributed by atoms with Gasteiger partial charge in [-0.2, -0.15) is 0 Å². The molecule has 1 heterocycles. The number of ether oxygens (including phenoxy) is 1. The van der Waals surface area contributed by atoms with Gasteiger partial charge in [-0.25, -0.2) is 4.79 Å². The molecule has 20 heavy (non-hydrogen) atoms. The molecule has 1 aromatic carbocycles. The molecule has 6 heteroatoms. The Labute approximate surface area is 117 Å². The molecule has 2 N–H and O–H groups in total. The second-order valence-electron chi connectivity index (χ2n) is 4.73. The van der Waals surface area contributed by atoms with E-state index in [0.29, 0.717) is 37.4 Å². The average molecular weight is 278 g/mol. The predicted octanol–water partition coefficient (Wildman–Crippen LogP) is 2.02. The monoisotopic (exact) mass is 278 g/mol. The maximum atomic E-state index is 12.1. The van der Waals surface area contributed by atoms with E-state index in [1.807, 2.05) is 12.1 Å². The number of piperidine rings is 1. The van der Waals surface area contributed by atoms with Gasteiger partial charge >= 0.3 is 12.0 Å². The summed E-state index contributed by atoms with van der Waals surface area (Å²) in [6.45, 7) is 0.913.